The predicted molar refractivity (Wildman–Crippen MR) is 71.1 cm³/mol. The maximum absolute atomic E-state index is 12.2. The molecule has 1 fully saturated rings. The summed E-state index contributed by atoms with van der Waals surface area (Å²) in [6, 6.07) is 4.67. The number of hydrogen-bond donors (Lipinski definition) is 1. The summed E-state index contributed by atoms with van der Waals surface area (Å²) in [7, 11) is 0. The van der Waals surface area contributed by atoms with Crippen LogP contribution in [0.5, 0.6) is 0 Å². The van der Waals surface area contributed by atoms with Gasteiger partial charge in [0, 0.05) is 28.4 Å². The molecule has 1 aliphatic heterocycles. The van der Waals surface area contributed by atoms with Gasteiger partial charge in [-0.2, -0.15) is 0 Å². The summed E-state index contributed by atoms with van der Waals surface area (Å²) in [5.41, 5.74) is 5.91. The normalized spacial score (nSPS) is 25.0. The first kappa shape index (κ1) is 12.6. The van der Waals surface area contributed by atoms with E-state index in [1.807, 2.05) is 4.90 Å². The molecular weight excluding hydrogens is 232 g/mol. The summed E-state index contributed by atoms with van der Waals surface area (Å²) in [5, 5.41) is 0. The van der Waals surface area contributed by atoms with Crippen LogP contribution in [0, 0.1) is 6.92 Å². The molecule has 0 radical (unpaired) electrons. The van der Waals surface area contributed by atoms with E-state index < -0.39 is 0 Å². The second-order valence-electron chi connectivity index (χ2n) is 4.91. The van der Waals surface area contributed by atoms with Crippen LogP contribution in [0.25, 0.3) is 0 Å². The van der Waals surface area contributed by atoms with Gasteiger partial charge in [-0.05, 0) is 38.8 Å². The van der Waals surface area contributed by atoms with Gasteiger partial charge in [-0.25, -0.2) is 0 Å². The summed E-state index contributed by atoms with van der Waals surface area (Å²) in [4.78, 5) is 16.6. The summed E-state index contributed by atoms with van der Waals surface area (Å²) in [6.07, 6.45) is 2.40. The van der Waals surface area contributed by atoms with Gasteiger partial charge in [0.2, 0.25) is 5.91 Å². The molecular formula is C13H20N2OS. The van der Waals surface area contributed by atoms with Crippen molar-refractivity contribution >= 4 is 17.2 Å². The molecule has 2 atom stereocenters. The van der Waals surface area contributed by atoms with Crippen molar-refractivity contribution in [2.24, 2.45) is 5.73 Å². The molecule has 2 heterocycles. The van der Waals surface area contributed by atoms with E-state index in [-0.39, 0.29) is 18.0 Å². The maximum atomic E-state index is 12.2. The first-order valence-electron chi connectivity index (χ1n) is 6.16. The fourth-order valence-electron chi connectivity index (χ4n) is 2.41. The van der Waals surface area contributed by atoms with Crippen LogP contribution in [0.3, 0.4) is 0 Å². The second kappa shape index (κ2) is 5.19. The van der Waals surface area contributed by atoms with Crippen molar-refractivity contribution in [3.63, 3.8) is 0 Å². The van der Waals surface area contributed by atoms with Gasteiger partial charge in [-0.3, -0.25) is 4.79 Å². The van der Waals surface area contributed by atoms with Crippen molar-refractivity contribution in [1.29, 1.82) is 0 Å². The Morgan fingerprint density at radius 2 is 2.35 bits per heavy atom. The number of rotatable bonds is 2. The number of hydrogen-bond acceptors (Lipinski definition) is 3. The van der Waals surface area contributed by atoms with E-state index in [1.54, 1.807) is 11.3 Å². The number of carbonyl (C=O) groups is 1. The summed E-state index contributed by atoms with van der Waals surface area (Å²) in [5.74, 6) is 0.242. The van der Waals surface area contributed by atoms with E-state index in [9.17, 15) is 4.79 Å². The lowest BCUT2D eigenvalue weighted by Crippen LogP contribution is -2.48. The van der Waals surface area contributed by atoms with Crippen LogP contribution in [0.15, 0.2) is 12.1 Å². The molecule has 0 unspecified atom stereocenters. The first-order valence-corrected chi connectivity index (χ1v) is 6.98. The third-order valence-electron chi connectivity index (χ3n) is 3.36. The molecule has 1 aromatic heterocycles. The predicted octanol–water partition coefficient (Wildman–Crippen LogP) is 1.94. The van der Waals surface area contributed by atoms with E-state index >= 15 is 0 Å². The molecule has 2 N–H and O–H groups in total. The van der Waals surface area contributed by atoms with E-state index in [4.69, 9.17) is 5.73 Å². The van der Waals surface area contributed by atoms with Gasteiger partial charge in [0.1, 0.15) is 0 Å². The third-order valence-corrected chi connectivity index (χ3v) is 4.36. The van der Waals surface area contributed by atoms with Crippen LogP contribution >= 0.6 is 11.3 Å². The van der Waals surface area contributed by atoms with Gasteiger partial charge in [0.05, 0.1) is 6.42 Å². The van der Waals surface area contributed by atoms with E-state index in [2.05, 4.69) is 26.0 Å². The number of carbonyl (C=O) groups excluding carboxylic acids is 1. The minimum Gasteiger partial charge on any atom is -0.340 e. The number of thiophene rings is 1. The summed E-state index contributed by atoms with van der Waals surface area (Å²) >= 11 is 1.71. The highest BCUT2D eigenvalue weighted by atomic mass is 32.1. The standard InChI is InChI=1S/C13H20N2OS/c1-9-7-11(14)5-6-15(9)13(16)8-12-4-3-10(2)17-12/h3-4,9,11H,5-8,14H2,1-2H3/t9-,11+/m1/s1. The van der Waals surface area contributed by atoms with E-state index in [0.29, 0.717) is 6.42 Å². The van der Waals surface area contributed by atoms with Crippen LogP contribution in [-0.2, 0) is 11.2 Å². The smallest absolute Gasteiger partial charge is 0.228 e. The monoisotopic (exact) mass is 252 g/mol. The fraction of sp³-hybridized carbons (Fsp3) is 0.615. The highest BCUT2D eigenvalue weighted by molar-refractivity contribution is 7.12. The first-order chi connectivity index (χ1) is 8.06. The zero-order valence-electron chi connectivity index (χ0n) is 10.5. The number of nitrogens with zero attached hydrogens (tertiary/aromatic N) is 1. The Labute approximate surface area is 107 Å². The summed E-state index contributed by atoms with van der Waals surface area (Å²) in [6.45, 7) is 4.98. The number of likely N-dealkylation sites (tertiary alicyclic amines) is 1. The van der Waals surface area contributed by atoms with Crippen molar-refractivity contribution in [3.8, 4) is 0 Å². The Morgan fingerprint density at radius 3 is 2.94 bits per heavy atom. The number of piperidine rings is 1. The van der Waals surface area contributed by atoms with Gasteiger partial charge in [-0.1, -0.05) is 0 Å². The molecule has 0 aromatic carbocycles. The van der Waals surface area contributed by atoms with E-state index in [1.165, 1.54) is 4.88 Å². The maximum Gasteiger partial charge on any atom is 0.228 e. The van der Waals surface area contributed by atoms with Crippen molar-refractivity contribution in [3.05, 3.63) is 21.9 Å². The van der Waals surface area contributed by atoms with Crippen LogP contribution in [0.1, 0.15) is 29.5 Å². The van der Waals surface area contributed by atoms with Gasteiger partial charge in [-0.15, -0.1) is 11.3 Å². The van der Waals surface area contributed by atoms with Crippen LogP contribution < -0.4 is 5.73 Å². The fourth-order valence-corrected chi connectivity index (χ4v) is 3.29. The van der Waals surface area contributed by atoms with Gasteiger partial charge in [0.25, 0.3) is 0 Å². The van der Waals surface area contributed by atoms with Gasteiger partial charge < -0.3 is 10.6 Å². The molecule has 17 heavy (non-hydrogen) atoms. The highest BCUT2D eigenvalue weighted by Gasteiger charge is 2.26. The number of aryl methyl sites for hydroxylation is 1. The highest BCUT2D eigenvalue weighted by Crippen LogP contribution is 2.20. The van der Waals surface area contributed by atoms with Crippen molar-refractivity contribution < 1.29 is 4.79 Å². The molecule has 0 bridgehead atoms. The molecule has 2 rings (SSSR count). The summed E-state index contributed by atoms with van der Waals surface area (Å²) < 4.78 is 0. The Bertz CT molecular complexity index is 402. The van der Waals surface area contributed by atoms with Gasteiger partial charge in [0.15, 0.2) is 0 Å². The average Bonchev–Trinajstić information content (AvgIpc) is 2.63. The molecule has 0 spiro atoms. The second-order valence-corrected chi connectivity index (χ2v) is 6.28. The third kappa shape index (κ3) is 3.07. The molecule has 1 amide bonds. The number of amides is 1. The lowest BCUT2D eigenvalue weighted by atomic mass is 9.99. The lowest BCUT2D eigenvalue weighted by Gasteiger charge is -2.36. The van der Waals surface area contributed by atoms with Crippen LogP contribution in [0.2, 0.25) is 0 Å². The average molecular weight is 252 g/mol. The van der Waals surface area contributed by atoms with E-state index in [0.717, 1.165) is 24.3 Å². The Morgan fingerprint density at radius 1 is 1.59 bits per heavy atom. The molecule has 4 heteroatoms. The molecule has 94 valence electrons. The SMILES string of the molecule is Cc1ccc(CC(=O)N2CC[C@H](N)C[C@H]2C)s1. The molecule has 0 saturated carbocycles. The zero-order valence-corrected chi connectivity index (χ0v) is 11.3. The van der Waals surface area contributed by atoms with Crippen molar-refractivity contribution in [2.45, 2.75) is 45.2 Å². The van der Waals surface area contributed by atoms with Crippen molar-refractivity contribution in [1.82, 2.24) is 4.90 Å². The minimum atomic E-state index is 0.242. The molecule has 3 nitrogen and oxygen atoms in total. The Balaban J connectivity index is 1.96. The Kier molecular flexibility index (Phi) is 3.84. The molecule has 1 saturated heterocycles. The Hall–Kier alpha value is -0.870. The molecule has 0 aliphatic carbocycles. The quantitative estimate of drug-likeness (QED) is 0.874. The minimum absolute atomic E-state index is 0.242. The number of nitrogens with two attached hydrogens (primary N) is 1. The molecule has 1 aliphatic rings. The van der Waals surface area contributed by atoms with Crippen molar-refractivity contribution in [2.75, 3.05) is 6.54 Å². The topological polar surface area (TPSA) is 46.3 Å². The van der Waals surface area contributed by atoms with Crippen LogP contribution in [-0.4, -0.2) is 29.4 Å². The molecule has 1 aromatic rings. The largest absolute Gasteiger partial charge is 0.340 e. The lowest BCUT2D eigenvalue weighted by molar-refractivity contribution is -0.133. The zero-order chi connectivity index (χ0) is 12.4. The van der Waals surface area contributed by atoms with Gasteiger partial charge >= 0.3 is 0 Å². The van der Waals surface area contributed by atoms with Crippen LogP contribution in [0.4, 0.5) is 0 Å².